The van der Waals surface area contributed by atoms with Crippen LogP contribution in [0.1, 0.15) is 110 Å². The van der Waals surface area contributed by atoms with E-state index < -0.39 is 0 Å². The Bertz CT molecular complexity index is 4170. The molecule has 80 heavy (non-hydrogen) atoms. The molecular formula is C75H71BN4. The first-order valence-corrected chi connectivity index (χ1v) is 29.0. The van der Waals surface area contributed by atoms with Gasteiger partial charge in [0.15, 0.2) is 0 Å². The molecule has 0 bridgehead atoms. The zero-order valence-corrected chi connectivity index (χ0v) is 48.4. The van der Waals surface area contributed by atoms with Crippen LogP contribution in [0.15, 0.2) is 206 Å². The van der Waals surface area contributed by atoms with Crippen LogP contribution in [0, 0.1) is 6.92 Å². The lowest BCUT2D eigenvalue weighted by Crippen LogP contribution is -2.60. The molecule has 0 amide bonds. The maximum atomic E-state index is 2.78. The first kappa shape index (κ1) is 50.0. The second-order valence-corrected chi connectivity index (χ2v) is 26.5. The Balaban J connectivity index is 1.11. The fraction of sp³-hybridized carbons (Fsp3) is 0.227. The largest absolute Gasteiger partial charge is 0.376 e. The van der Waals surface area contributed by atoms with Crippen molar-refractivity contribution in [3.05, 3.63) is 234 Å². The Hall–Kier alpha value is -8.28. The number of anilines is 8. The lowest BCUT2D eigenvalue weighted by Gasteiger charge is -2.46. The Morgan fingerprint density at radius 1 is 0.438 bits per heavy atom. The van der Waals surface area contributed by atoms with Gasteiger partial charge in [0.2, 0.25) is 0 Å². The maximum absolute atomic E-state index is 2.78. The van der Waals surface area contributed by atoms with E-state index in [1.807, 2.05) is 0 Å². The molecule has 0 N–H and O–H groups in total. The first-order chi connectivity index (χ1) is 38.4. The number of aromatic nitrogens is 1. The third-order valence-electron chi connectivity index (χ3n) is 18.4. The summed E-state index contributed by atoms with van der Waals surface area (Å²) in [6, 6.07) is 78.8. The van der Waals surface area contributed by atoms with Crippen molar-refractivity contribution in [2.24, 2.45) is 0 Å². The molecular weight excluding hydrogens is 968 g/mol. The van der Waals surface area contributed by atoms with Gasteiger partial charge in [0.25, 0.3) is 0 Å². The van der Waals surface area contributed by atoms with Crippen molar-refractivity contribution < 1.29 is 0 Å². The van der Waals surface area contributed by atoms with E-state index in [0.29, 0.717) is 0 Å². The molecule has 14 rings (SSSR count). The highest BCUT2D eigenvalue weighted by molar-refractivity contribution is 6.93. The average Bonchev–Trinajstić information content (AvgIpc) is 3.84. The minimum atomic E-state index is -0.174. The lowest BCUT2D eigenvalue weighted by atomic mass is 9.44. The number of hydrogen-bond acceptors (Lipinski definition) is 3. The van der Waals surface area contributed by atoms with Gasteiger partial charge in [-0.25, -0.2) is 0 Å². The number of fused-ring (bicyclic) bond motifs is 10. The van der Waals surface area contributed by atoms with Gasteiger partial charge in [0.05, 0.1) is 11.0 Å². The first-order valence-electron chi connectivity index (χ1n) is 29.0. The Labute approximate surface area is 474 Å². The van der Waals surface area contributed by atoms with Crippen LogP contribution in [0.2, 0.25) is 0 Å². The van der Waals surface area contributed by atoms with Crippen LogP contribution < -0.4 is 25.5 Å². The summed E-state index contributed by atoms with van der Waals surface area (Å²) in [4.78, 5) is 7.71. The topological polar surface area (TPSA) is 14.7 Å². The van der Waals surface area contributed by atoms with Crippen molar-refractivity contribution in [2.75, 3.05) is 14.6 Å². The SMILES string of the molecule is Cc1cc2c(cc1N1B3c4c(cc(N(c5ccccc5)c5ccccc5)cc4-n4c5ccc6ccccc6c5c5cccc3c54)-c3ccc(N(c4ccc(C(C)(C)C)cc4)c4ccc(C(C)(C)C)cc4)cc31)C(C)(C)CCC2(C)C. The van der Waals surface area contributed by atoms with Gasteiger partial charge in [-0.1, -0.05) is 191 Å². The van der Waals surface area contributed by atoms with Crippen molar-refractivity contribution in [3.63, 3.8) is 0 Å². The van der Waals surface area contributed by atoms with Gasteiger partial charge in [-0.05, 0) is 181 Å². The fourth-order valence-corrected chi connectivity index (χ4v) is 13.9. The highest BCUT2D eigenvalue weighted by Gasteiger charge is 2.46. The van der Waals surface area contributed by atoms with Crippen LogP contribution in [-0.4, -0.2) is 11.4 Å². The van der Waals surface area contributed by atoms with Gasteiger partial charge in [0, 0.05) is 67.5 Å². The van der Waals surface area contributed by atoms with Gasteiger partial charge >= 0.3 is 6.85 Å². The smallest absolute Gasteiger partial charge is 0.333 e. The molecule has 1 aliphatic carbocycles. The van der Waals surface area contributed by atoms with E-state index in [1.165, 1.54) is 99.5 Å². The molecule has 0 fully saturated rings. The minimum absolute atomic E-state index is 0.000630. The highest BCUT2D eigenvalue weighted by atomic mass is 15.2. The van der Waals surface area contributed by atoms with Crippen molar-refractivity contribution in [1.82, 2.24) is 4.57 Å². The molecule has 0 unspecified atom stereocenters. The van der Waals surface area contributed by atoms with Crippen LogP contribution in [0.5, 0.6) is 0 Å². The molecule has 0 saturated heterocycles. The summed E-state index contributed by atoms with van der Waals surface area (Å²) in [7, 11) is 0. The molecule has 10 aromatic carbocycles. The molecule has 0 saturated carbocycles. The molecule has 4 nitrogen and oxygen atoms in total. The normalized spacial score (nSPS) is 15.0. The Morgan fingerprint density at radius 3 is 1.57 bits per heavy atom. The molecule has 0 radical (unpaired) electrons. The Kier molecular flexibility index (Phi) is 11.2. The van der Waals surface area contributed by atoms with Crippen LogP contribution in [0.4, 0.5) is 45.5 Å². The van der Waals surface area contributed by atoms with Crippen molar-refractivity contribution >= 4 is 95.9 Å². The molecule has 11 aromatic rings. The van der Waals surface area contributed by atoms with Gasteiger partial charge < -0.3 is 19.2 Å². The summed E-state index contributed by atoms with van der Waals surface area (Å²) in [5, 5.41) is 5.11. The summed E-state index contributed by atoms with van der Waals surface area (Å²) in [6.45, 7) is 25.9. The molecule has 3 aliphatic rings. The number of rotatable bonds is 7. The van der Waals surface area contributed by atoms with E-state index in [4.69, 9.17) is 0 Å². The summed E-state index contributed by atoms with van der Waals surface area (Å²) in [6.07, 6.45) is 2.30. The van der Waals surface area contributed by atoms with Crippen LogP contribution >= 0.6 is 0 Å². The zero-order chi connectivity index (χ0) is 55.2. The number of benzene rings is 10. The number of para-hydroxylation sites is 3. The zero-order valence-electron chi connectivity index (χ0n) is 48.4. The monoisotopic (exact) mass is 1040 g/mol. The van der Waals surface area contributed by atoms with Gasteiger partial charge in [-0.15, -0.1) is 0 Å². The molecule has 394 valence electrons. The standard InChI is InChI=1S/C75H71BN4/c1-48-43-62-63(75(10,11)42-41-74(62,8)9)47-66(48)80-67-45-56(77(54-34-30-50(31-35-54)72(2,3)4)55-36-32-51(33-37-55)73(5,6)7)38-39-59(67)61-44-57(78(52-22-14-12-15-23-52)53-24-16-13-17-25-53)46-68-70(61)76(80)64-28-20-27-60-69-58-26-19-18-21-49(58)29-40-65(69)79(68)71(60)64/h12-40,43-47H,41-42H2,1-11H3. The second kappa shape index (κ2) is 17.9. The molecule has 5 heteroatoms. The summed E-state index contributed by atoms with van der Waals surface area (Å²) in [5.74, 6) is 0. The number of nitrogens with zero attached hydrogens (tertiary/aromatic N) is 4. The third-order valence-corrected chi connectivity index (χ3v) is 18.4. The minimum Gasteiger partial charge on any atom is -0.376 e. The van der Waals surface area contributed by atoms with Crippen LogP contribution in [0.25, 0.3) is 49.4 Å². The van der Waals surface area contributed by atoms with E-state index >= 15 is 0 Å². The molecule has 2 aliphatic heterocycles. The maximum Gasteiger partial charge on any atom is 0.333 e. The van der Waals surface area contributed by atoms with E-state index in [1.54, 1.807) is 0 Å². The number of hydrogen-bond donors (Lipinski definition) is 0. The van der Waals surface area contributed by atoms with Gasteiger partial charge in [0.1, 0.15) is 0 Å². The summed E-state index contributed by atoms with van der Waals surface area (Å²) < 4.78 is 2.63. The molecule has 0 atom stereocenters. The number of aryl methyl sites for hydroxylation is 1. The fourth-order valence-electron chi connectivity index (χ4n) is 13.9. The second-order valence-electron chi connectivity index (χ2n) is 26.5. The van der Waals surface area contributed by atoms with E-state index in [0.717, 1.165) is 47.0 Å². The average molecular weight is 1040 g/mol. The van der Waals surface area contributed by atoms with Gasteiger partial charge in [-0.2, -0.15) is 0 Å². The van der Waals surface area contributed by atoms with Crippen molar-refractivity contribution in [2.45, 2.75) is 111 Å². The Morgan fingerprint density at radius 2 is 0.963 bits per heavy atom. The van der Waals surface area contributed by atoms with Crippen molar-refractivity contribution in [3.8, 4) is 16.8 Å². The van der Waals surface area contributed by atoms with E-state index in [2.05, 4.69) is 302 Å². The quantitative estimate of drug-likeness (QED) is 0.148. The lowest BCUT2D eigenvalue weighted by molar-refractivity contribution is 0.332. The molecule has 0 spiro atoms. The van der Waals surface area contributed by atoms with Crippen LogP contribution in [-0.2, 0) is 21.7 Å². The third kappa shape index (κ3) is 7.78. The summed E-state index contributed by atoms with van der Waals surface area (Å²) >= 11 is 0. The molecule has 1 aromatic heterocycles. The van der Waals surface area contributed by atoms with Gasteiger partial charge in [-0.3, -0.25) is 0 Å². The molecule has 3 heterocycles. The summed E-state index contributed by atoms with van der Waals surface area (Å²) in [5.41, 5.74) is 24.9. The highest BCUT2D eigenvalue weighted by Crippen LogP contribution is 2.53. The predicted molar refractivity (Wildman–Crippen MR) is 344 cm³/mol. The van der Waals surface area contributed by atoms with Crippen molar-refractivity contribution in [1.29, 1.82) is 0 Å². The van der Waals surface area contributed by atoms with Crippen LogP contribution in [0.3, 0.4) is 0 Å². The van der Waals surface area contributed by atoms with E-state index in [9.17, 15) is 0 Å². The predicted octanol–water partition coefficient (Wildman–Crippen LogP) is 19.4. The van der Waals surface area contributed by atoms with E-state index in [-0.39, 0.29) is 28.5 Å².